The summed E-state index contributed by atoms with van der Waals surface area (Å²) in [7, 11) is 0. The number of ether oxygens (including phenoxy) is 1. The Morgan fingerprint density at radius 3 is 2.71 bits per heavy atom. The molecule has 2 saturated carbocycles. The third-order valence-electron chi connectivity index (χ3n) is 4.72. The Hall–Kier alpha value is -0.530. The van der Waals surface area contributed by atoms with Gasteiger partial charge < -0.3 is 4.74 Å². The second-order valence-corrected chi connectivity index (χ2v) is 6.12. The molecule has 2 nitrogen and oxygen atoms in total. The van der Waals surface area contributed by atoms with E-state index in [1.807, 2.05) is 6.92 Å². The van der Waals surface area contributed by atoms with Gasteiger partial charge in [-0.3, -0.25) is 4.79 Å². The molecule has 2 heteroatoms. The topological polar surface area (TPSA) is 26.3 Å². The summed E-state index contributed by atoms with van der Waals surface area (Å²) < 4.78 is 5.00. The zero-order valence-electron chi connectivity index (χ0n) is 11.3. The number of fused-ring (bicyclic) bond motifs is 1. The Morgan fingerprint density at radius 2 is 1.94 bits per heavy atom. The fourth-order valence-electron chi connectivity index (χ4n) is 3.97. The van der Waals surface area contributed by atoms with E-state index in [0.29, 0.717) is 13.0 Å². The zero-order chi connectivity index (χ0) is 12.3. The molecule has 0 N–H and O–H groups in total. The van der Waals surface area contributed by atoms with Crippen molar-refractivity contribution in [3.8, 4) is 0 Å². The summed E-state index contributed by atoms with van der Waals surface area (Å²) in [4.78, 5) is 11.3. The van der Waals surface area contributed by atoms with Crippen molar-refractivity contribution < 1.29 is 9.53 Å². The Balaban J connectivity index is 1.71. The van der Waals surface area contributed by atoms with Crippen LogP contribution in [-0.4, -0.2) is 12.6 Å². The molecule has 0 spiro atoms. The van der Waals surface area contributed by atoms with Crippen molar-refractivity contribution in [1.82, 2.24) is 0 Å². The van der Waals surface area contributed by atoms with E-state index in [-0.39, 0.29) is 5.97 Å². The zero-order valence-corrected chi connectivity index (χ0v) is 11.3. The van der Waals surface area contributed by atoms with Crippen LogP contribution in [-0.2, 0) is 9.53 Å². The van der Waals surface area contributed by atoms with Gasteiger partial charge >= 0.3 is 5.97 Å². The third kappa shape index (κ3) is 3.46. The number of carbonyl (C=O) groups excluding carboxylic acids is 1. The Kier molecular flexibility index (Phi) is 4.47. The summed E-state index contributed by atoms with van der Waals surface area (Å²) in [6.07, 6.45) is 8.68. The largest absolute Gasteiger partial charge is 0.466 e. The van der Waals surface area contributed by atoms with Crippen molar-refractivity contribution >= 4 is 5.97 Å². The smallest absolute Gasteiger partial charge is 0.305 e. The molecule has 0 aromatic heterocycles. The van der Waals surface area contributed by atoms with Crippen LogP contribution in [0.5, 0.6) is 0 Å². The van der Waals surface area contributed by atoms with Gasteiger partial charge in [-0.25, -0.2) is 0 Å². The molecule has 17 heavy (non-hydrogen) atoms. The van der Waals surface area contributed by atoms with Crippen molar-refractivity contribution in [3.05, 3.63) is 0 Å². The SMILES string of the molecule is CCOC(=O)CCC1CCC2CC(C)CC2C1. The van der Waals surface area contributed by atoms with E-state index in [2.05, 4.69) is 6.92 Å². The number of esters is 1. The van der Waals surface area contributed by atoms with Crippen LogP contribution in [0.3, 0.4) is 0 Å². The molecule has 0 heterocycles. The van der Waals surface area contributed by atoms with Crippen molar-refractivity contribution in [1.29, 1.82) is 0 Å². The highest BCUT2D eigenvalue weighted by molar-refractivity contribution is 5.69. The number of carbonyl (C=O) groups is 1. The highest BCUT2D eigenvalue weighted by atomic mass is 16.5. The standard InChI is InChI=1S/C15H26O2/c1-3-17-15(16)7-5-12-4-6-13-8-11(2)9-14(13)10-12/h11-14H,3-10H2,1-2H3. The van der Waals surface area contributed by atoms with Crippen molar-refractivity contribution in [3.63, 3.8) is 0 Å². The first kappa shape index (κ1) is 12.9. The lowest BCUT2D eigenvalue weighted by molar-refractivity contribution is -0.143. The Labute approximate surface area is 105 Å². The van der Waals surface area contributed by atoms with E-state index in [0.717, 1.165) is 30.1 Å². The van der Waals surface area contributed by atoms with Crippen LogP contribution < -0.4 is 0 Å². The van der Waals surface area contributed by atoms with Gasteiger partial charge in [0.25, 0.3) is 0 Å². The van der Waals surface area contributed by atoms with Gasteiger partial charge in [0.1, 0.15) is 0 Å². The minimum Gasteiger partial charge on any atom is -0.466 e. The predicted octanol–water partition coefficient (Wildman–Crippen LogP) is 3.79. The van der Waals surface area contributed by atoms with Gasteiger partial charge in [-0.05, 0) is 62.7 Å². The van der Waals surface area contributed by atoms with Crippen LogP contribution in [0.15, 0.2) is 0 Å². The first-order valence-electron chi connectivity index (χ1n) is 7.34. The number of hydrogen-bond donors (Lipinski definition) is 0. The predicted molar refractivity (Wildman–Crippen MR) is 68.6 cm³/mol. The molecule has 98 valence electrons. The Bertz CT molecular complexity index is 262. The van der Waals surface area contributed by atoms with Crippen LogP contribution in [0.25, 0.3) is 0 Å². The molecule has 0 saturated heterocycles. The highest BCUT2D eigenvalue weighted by Crippen LogP contribution is 2.47. The normalized spacial score (nSPS) is 36.6. The molecule has 0 aliphatic heterocycles. The van der Waals surface area contributed by atoms with Crippen LogP contribution in [0.1, 0.15) is 58.8 Å². The van der Waals surface area contributed by atoms with E-state index in [4.69, 9.17) is 4.74 Å². The van der Waals surface area contributed by atoms with Gasteiger partial charge in [-0.15, -0.1) is 0 Å². The molecule has 2 aliphatic rings. The summed E-state index contributed by atoms with van der Waals surface area (Å²) in [6, 6.07) is 0. The summed E-state index contributed by atoms with van der Waals surface area (Å²) >= 11 is 0. The second-order valence-electron chi connectivity index (χ2n) is 6.12. The molecule has 4 atom stereocenters. The van der Waals surface area contributed by atoms with Crippen LogP contribution in [0, 0.1) is 23.7 Å². The summed E-state index contributed by atoms with van der Waals surface area (Å²) in [5.41, 5.74) is 0. The fraction of sp³-hybridized carbons (Fsp3) is 0.933. The van der Waals surface area contributed by atoms with Gasteiger partial charge in [0.2, 0.25) is 0 Å². The van der Waals surface area contributed by atoms with Crippen molar-refractivity contribution in [2.45, 2.75) is 58.8 Å². The average Bonchev–Trinajstić information content (AvgIpc) is 2.66. The molecule has 0 amide bonds. The van der Waals surface area contributed by atoms with Gasteiger partial charge in [0.15, 0.2) is 0 Å². The maximum absolute atomic E-state index is 11.3. The first-order valence-corrected chi connectivity index (χ1v) is 7.34. The van der Waals surface area contributed by atoms with E-state index in [9.17, 15) is 4.79 Å². The molecule has 2 fully saturated rings. The first-order chi connectivity index (χ1) is 8.19. The molecule has 2 aliphatic carbocycles. The van der Waals surface area contributed by atoms with E-state index >= 15 is 0 Å². The quantitative estimate of drug-likeness (QED) is 0.696. The molecule has 2 rings (SSSR count). The van der Waals surface area contributed by atoms with Gasteiger partial charge in [-0.1, -0.05) is 13.3 Å². The summed E-state index contributed by atoms with van der Waals surface area (Å²) in [6.45, 7) is 4.79. The maximum atomic E-state index is 11.3. The highest BCUT2D eigenvalue weighted by Gasteiger charge is 2.36. The lowest BCUT2D eigenvalue weighted by atomic mass is 9.74. The molecule has 0 aromatic carbocycles. The maximum Gasteiger partial charge on any atom is 0.305 e. The van der Waals surface area contributed by atoms with E-state index < -0.39 is 0 Å². The number of hydrogen-bond acceptors (Lipinski definition) is 2. The molecular formula is C15H26O2. The number of rotatable bonds is 4. The van der Waals surface area contributed by atoms with Crippen molar-refractivity contribution in [2.75, 3.05) is 6.61 Å². The van der Waals surface area contributed by atoms with Crippen LogP contribution in [0.2, 0.25) is 0 Å². The Morgan fingerprint density at radius 1 is 1.18 bits per heavy atom. The minimum absolute atomic E-state index is 0.00517. The van der Waals surface area contributed by atoms with E-state index in [1.54, 1.807) is 0 Å². The van der Waals surface area contributed by atoms with Crippen LogP contribution in [0.4, 0.5) is 0 Å². The molecule has 4 unspecified atom stereocenters. The van der Waals surface area contributed by atoms with Gasteiger partial charge in [0.05, 0.1) is 6.61 Å². The molecule has 0 bridgehead atoms. The second kappa shape index (κ2) is 5.88. The lowest BCUT2D eigenvalue weighted by Gasteiger charge is -2.31. The van der Waals surface area contributed by atoms with Gasteiger partial charge in [-0.2, -0.15) is 0 Å². The monoisotopic (exact) mass is 238 g/mol. The molecule has 0 aromatic rings. The summed E-state index contributed by atoms with van der Waals surface area (Å²) in [5.74, 6) is 3.68. The van der Waals surface area contributed by atoms with Gasteiger partial charge in [0, 0.05) is 6.42 Å². The molecular weight excluding hydrogens is 212 g/mol. The lowest BCUT2D eigenvalue weighted by Crippen LogP contribution is -2.21. The molecule has 0 radical (unpaired) electrons. The third-order valence-corrected chi connectivity index (χ3v) is 4.72. The minimum atomic E-state index is -0.00517. The fourth-order valence-corrected chi connectivity index (χ4v) is 3.97. The summed E-state index contributed by atoms with van der Waals surface area (Å²) in [5, 5.41) is 0. The van der Waals surface area contributed by atoms with E-state index in [1.165, 1.54) is 32.1 Å². The van der Waals surface area contributed by atoms with Crippen LogP contribution >= 0.6 is 0 Å². The average molecular weight is 238 g/mol. The van der Waals surface area contributed by atoms with Crippen molar-refractivity contribution in [2.24, 2.45) is 23.7 Å².